The van der Waals surface area contributed by atoms with E-state index in [0.29, 0.717) is 6.54 Å². The van der Waals surface area contributed by atoms with Crippen molar-refractivity contribution in [3.63, 3.8) is 0 Å². The first-order valence-corrected chi connectivity index (χ1v) is 8.24. The van der Waals surface area contributed by atoms with E-state index in [-0.39, 0.29) is 5.41 Å². The molecule has 2 aromatic rings. The molecule has 5 heteroatoms. The molecule has 1 fully saturated rings. The quantitative estimate of drug-likeness (QED) is 0.884. The van der Waals surface area contributed by atoms with Crippen molar-refractivity contribution in [2.75, 3.05) is 0 Å². The molecular formula is C19H21NO4. The molecule has 0 saturated heterocycles. The fraction of sp³-hybridized carbons (Fsp3) is 0.368. The average Bonchev–Trinajstić information content (AvgIpc) is 3.06. The van der Waals surface area contributed by atoms with Gasteiger partial charge in [-0.25, -0.2) is 4.79 Å². The minimum absolute atomic E-state index is 0.0867. The molecule has 5 nitrogen and oxygen atoms in total. The number of carboxylic acids is 1. The molecule has 1 heterocycles. The summed E-state index contributed by atoms with van der Waals surface area (Å²) >= 11 is 0. The molecule has 1 aromatic heterocycles. The third kappa shape index (κ3) is 3.07. The van der Waals surface area contributed by atoms with E-state index >= 15 is 0 Å². The second-order valence-electron chi connectivity index (χ2n) is 6.53. The number of hydrogen-bond acceptors (Lipinski definition) is 3. The van der Waals surface area contributed by atoms with E-state index in [2.05, 4.69) is 12.1 Å². The van der Waals surface area contributed by atoms with E-state index in [0.717, 1.165) is 19.3 Å². The van der Waals surface area contributed by atoms with E-state index < -0.39 is 22.7 Å². The number of benzene rings is 1. The van der Waals surface area contributed by atoms with E-state index in [1.807, 2.05) is 18.2 Å². The van der Waals surface area contributed by atoms with Crippen LogP contribution in [-0.4, -0.2) is 20.7 Å². The fourth-order valence-electron chi connectivity index (χ4n) is 3.77. The van der Waals surface area contributed by atoms with Gasteiger partial charge < -0.3 is 14.8 Å². The standard InChI is InChI=1S/C19H21NO4/c21-16-13-20(12-15(17(16)22)18(23)24)11-10-19(8-4-5-9-19)14-6-2-1-3-7-14/h1-3,6-7,12-13,21H,4-5,8-11H2,(H,23,24). The van der Waals surface area contributed by atoms with Gasteiger partial charge in [-0.05, 0) is 30.2 Å². The van der Waals surface area contributed by atoms with Crippen LogP contribution in [0.25, 0.3) is 0 Å². The number of pyridine rings is 1. The predicted molar refractivity (Wildman–Crippen MR) is 90.5 cm³/mol. The number of carboxylic acid groups (broad SMARTS) is 1. The Hall–Kier alpha value is -2.56. The third-order valence-electron chi connectivity index (χ3n) is 5.09. The highest BCUT2D eigenvalue weighted by Gasteiger charge is 2.35. The summed E-state index contributed by atoms with van der Waals surface area (Å²) in [6, 6.07) is 10.4. The summed E-state index contributed by atoms with van der Waals surface area (Å²) in [6.45, 7) is 0.559. The van der Waals surface area contributed by atoms with Crippen LogP contribution in [0.2, 0.25) is 0 Å². The summed E-state index contributed by atoms with van der Waals surface area (Å²) in [4.78, 5) is 22.8. The Labute approximate surface area is 140 Å². The lowest BCUT2D eigenvalue weighted by Gasteiger charge is -2.30. The summed E-state index contributed by atoms with van der Waals surface area (Å²) in [5.74, 6) is -1.83. The normalized spacial score (nSPS) is 16.2. The minimum atomic E-state index is -1.32. The van der Waals surface area contributed by atoms with Crippen molar-refractivity contribution in [3.8, 4) is 5.75 Å². The van der Waals surface area contributed by atoms with Gasteiger partial charge >= 0.3 is 5.97 Å². The van der Waals surface area contributed by atoms with Crippen LogP contribution >= 0.6 is 0 Å². The monoisotopic (exact) mass is 327 g/mol. The summed E-state index contributed by atoms with van der Waals surface area (Å²) in [7, 11) is 0. The molecule has 0 amide bonds. The molecule has 1 aliphatic carbocycles. The van der Waals surface area contributed by atoms with Crippen LogP contribution in [0.15, 0.2) is 47.5 Å². The van der Waals surface area contributed by atoms with E-state index in [1.54, 1.807) is 4.57 Å². The molecule has 0 aliphatic heterocycles. The van der Waals surface area contributed by atoms with Gasteiger partial charge in [0.1, 0.15) is 5.56 Å². The van der Waals surface area contributed by atoms with Crippen molar-refractivity contribution < 1.29 is 15.0 Å². The zero-order valence-corrected chi connectivity index (χ0v) is 13.4. The van der Waals surface area contributed by atoms with Crippen LogP contribution in [0, 0.1) is 0 Å². The van der Waals surface area contributed by atoms with Gasteiger partial charge in [-0.3, -0.25) is 4.79 Å². The predicted octanol–water partition coefficient (Wildman–Crippen LogP) is 3.15. The zero-order chi connectivity index (χ0) is 17.2. The summed E-state index contributed by atoms with van der Waals surface area (Å²) < 4.78 is 1.61. The molecule has 0 spiro atoms. The molecule has 1 aromatic carbocycles. The number of aryl methyl sites for hydroxylation is 1. The van der Waals surface area contributed by atoms with Crippen LogP contribution in [0.5, 0.6) is 5.75 Å². The number of carbonyl (C=O) groups is 1. The Kier molecular flexibility index (Phi) is 4.42. The maximum Gasteiger partial charge on any atom is 0.341 e. The highest BCUT2D eigenvalue weighted by atomic mass is 16.4. The van der Waals surface area contributed by atoms with Gasteiger partial charge in [-0.2, -0.15) is 0 Å². The Morgan fingerprint density at radius 2 is 1.79 bits per heavy atom. The van der Waals surface area contributed by atoms with E-state index in [4.69, 9.17) is 5.11 Å². The van der Waals surface area contributed by atoms with Crippen molar-refractivity contribution in [2.24, 2.45) is 0 Å². The zero-order valence-electron chi connectivity index (χ0n) is 13.4. The summed E-state index contributed by atoms with van der Waals surface area (Å²) in [6.07, 6.45) is 8.07. The Bertz CT molecular complexity index is 789. The Morgan fingerprint density at radius 3 is 2.42 bits per heavy atom. The van der Waals surface area contributed by atoms with Gasteiger partial charge in [0.25, 0.3) is 0 Å². The maximum atomic E-state index is 11.7. The lowest BCUT2D eigenvalue weighted by atomic mass is 9.76. The first-order chi connectivity index (χ1) is 11.5. The lowest BCUT2D eigenvalue weighted by Crippen LogP contribution is -2.25. The number of aromatic carboxylic acids is 1. The van der Waals surface area contributed by atoms with Crippen molar-refractivity contribution >= 4 is 5.97 Å². The molecular weight excluding hydrogens is 306 g/mol. The summed E-state index contributed by atoms with van der Waals surface area (Å²) in [5, 5.41) is 18.8. The van der Waals surface area contributed by atoms with Gasteiger partial charge in [0.15, 0.2) is 5.75 Å². The van der Waals surface area contributed by atoms with Crippen LogP contribution in [0.1, 0.15) is 48.0 Å². The molecule has 0 bridgehead atoms. The van der Waals surface area contributed by atoms with Gasteiger partial charge in [0, 0.05) is 18.9 Å². The minimum Gasteiger partial charge on any atom is -0.503 e. The average molecular weight is 327 g/mol. The number of rotatable bonds is 5. The molecule has 126 valence electrons. The van der Waals surface area contributed by atoms with Crippen LogP contribution in [-0.2, 0) is 12.0 Å². The van der Waals surface area contributed by atoms with Crippen LogP contribution in [0.4, 0.5) is 0 Å². The highest BCUT2D eigenvalue weighted by Crippen LogP contribution is 2.44. The largest absolute Gasteiger partial charge is 0.503 e. The fourth-order valence-corrected chi connectivity index (χ4v) is 3.77. The first kappa shape index (κ1) is 16.3. The number of nitrogens with zero attached hydrogens (tertiary/aromatic N) is 1. The SMILES string of the molecule is O=C(O)c1cn(CCC2(c3ccccc3)CCCC2)cc(O)c1=O. The molecule has 2 N–H and O–H groups in total. The highest BCUT2D eigenvalue weighted by molar-refractivity contribution is 5.87. The smallest absolute Gasteiger partial charge is 0.341 e. The molecule has 24 heavy (non-hydrogen) atoms. The summed E-state index contributed by atoms with van der Waals surface area (Å²) in [5.41, 5.74) is 0.169. The van der Waals surface area contributed by atoms with Gasteiger partial charge in [-0.15, -0.1) is 0 Å². The molecule has 1 saturated carbocycles. The number of hydrogen-bond donors (Lipinski definition) is 2. The van der Waals surface area contributed by atoms with Gasteiger partial charge in [0.2, 0.25) is 5.43 Å². The second-order valence-corrected chi connectivity index (χ2v) is 6.53. The van der Waals surface area contributed by atoms with Crippen molar-refractivity contribution in [1.29, 1.82) is 0 Å². The molecule has 1 aliphatic rings. The van der Waals surface area contributed by atoms with Crippen molar-refractivity contribution in [3.05, 3.63) is 64.1 Å². The molecule has 3 rings (SSSR count). The molecule has 0 atom stereocenters. The third-order valence-corrected chi connectivity index (χ3v) is 5.09. The Morgan fingerprint density at radius 1 is 1.12 bits per heavy atom. The first-order valence-electron chi connectivity index (χ1n) is 8.24. The topological polar surface area (TPSA) is 79.5 Å². The number of aromatic hydroxyl groups is 1. The Balaban J connectivity index is 1.86. The second kappa shape index (κ2) is 6.51. The van der Waals surface area contributed by atoms with E-state index in [9.17, 15) is 14.7 Å². The van der Waals surface area contributed by atoms with Gasteiger partial charge in [0.05, 0.1) is 0 Å². The number of aromatic nitrogens is 1. The lowest BCUT2D eigenvalue weighted by molar-refractivity contribution is 0.0693. The van der Waals surface area contributed by atoms with Gasteiger partial charge in [-0.1, -0.05) is 43.2 Å². The van der Waals surface area contributed by atoms with Crippen molar-refractivity contribution in [1.82, 2.24) is 4.57 Å². The van der Waals surface area contributed by atoms with E-state index in [1.165, 1.54) is 30.8 Å². The van der Waals surface area contributed by atoms with Crippen molar-refractivity contribution in [2.45, 2.75) is 44.1 Å². The van der Waals surface area contributed by atoms with Crippen LogP contribution < -0.4 is 5.43 Å². The molecule has 0 radical (unpaired) electrons. The van der Waals surface area contributed by atoms with Crippen LogP contribution in [0.3, 0.4) is 0 Å². The molecule has 0 unspecified atom stereocenters. The maximum absolute atomic E-state index is 11.7.